The largest absolute Gasteiger partial charge is 0.424 e. The second-order valence-electron chi connectivity index (χ2n) is 6.16. The van der Waals surface area contributed by atoms with Crippen molar-refractivity contribution in [3.05, 3.63) is 66.9 Å². The average Bonchev–Trinajstić information content (AvgIpc) is 3.29. The van der Waals surface area contributed by atoms with E-state index < -0.39 is 0 Å². The molecule has 0 aliphatic carbocycles. The number of pyridine rings is 1. The SMILES string of the molecule is CCn1nc(-c2ccc(OC3=Nc4ccccc4[N]3)cc2)c2ncccc21. The second-order valence-corrected chi connectivity index (χ2v) is 6.16. The Morgan fingerprint density at radius 3 is 2.52 bits per heavy atom. The van der Waals surface area contributed by atoms with E-state index in [1.807, 2.05) is 65.3 Å². The van der Waals surface area contributed by atoms with Gasteiger partial charge < -0.3 is 4.74 Å². The lowest BCUT2D eigenvalue weighted by atomic mass is 10.1. The fourth-order valence-electron chi connectivity index (χ4n) is 3.16. The molecule has 0 unspecified atom stereocenters. The van der Waals surface area contributed by atoms with Crippen molar-refractivity contribution in [1.82, 2.24) is 20.1 Å². The first-order valence-electron chi connectivity index (χ1n) is 8.81. The number of fused-ring (bicyclic) bond motifs is 2. The van der Waals surface area contributed by atoms with Gasteiger partial charge in [-0.3, -0.25) is 9.67 Å². The number of hydrogen-bond acceptors (Lipinski definition) is 4. The molecule has 0 bridgehead atoms. The van der Waals surface area contributed by atoms with Crippen molar-refractivity contribution >= 4 is 28.4 Å². The number of hydrogen-bond donors (Lipinski definition) is 0. The van der Waals surface area contributed by atoms with Crippen molar-refractivity contribution in [2.75, 3.05) is 0 Å². The van der Waals surface area contributed by atoms with Gasteiger partial charge in [0.2, 0.25) is 0 Å². The molecule has 27 heavy (non-hydrogen) atoms. The summed E-state index contributed by atoms with van der Waals surface area (Å²) in [6.07, 6.45) is 1.79. The maximum atomic E-state index is 5.80. The summed E-state index contributed by atoms with van der Waals surface area (Å²) >= 11 is 0. The fourth-order valence-corrected chi connectivity index (χ4v) is 3.16. The Kier molecular flexibility index (Phi) is 3.60. The van der Waals surface area contributed by atoms with Crippen LogP contribution in [-0.4, -0.2) is 20.8 Å². The van der Waals surface area contributed by atoms with Crippen LogP contribution in [0.2, 0.25) is 0 Å². The predicted molar refractivity (Wildman–Crippen MR) is 105 cm³/mol. The van der Waals surface area contributed by atoms with Crippen LogP contribution in [0, 0.1) is 0 Å². The monoisotopic (exact) mass is 354 g/mol. The van der Waals surface area contributed by atoms with Crippen LogP contribution in [-0.2, 0) is 6.54 Å². The highest BCUT2D eigenvalue weighted by Gasteiger charge is 2.17. The summed E-state index contributed by atoms with van der Waals surface area (Å²) in [4.78, 5) is 8.89. The number of amidine groups is 1. The molecular formula is C21H16N5O. The maximum absolute atomic E-state index is 5.80. The van der Waals surface area contributed by atoms with E-state index in [0.29, 0.717) is 11.8 Å². The van der Waals surface area contributed by atoms with Crippen LogP contribution in [0.4, 0.5) is 11.4 Å². The predicted octanol–water partition coefficient (Wildman–Crippen LogP) is 4.43. The summed E-state index contributed by atoms with van der Waals surface area (Å²) in [5.41, 5.74) is 5.45. The van der Waals surface area contributed by atoms with Crippen molar-refractivity contribution in [1.29, 1.82) is 0 Å². The lowest BCUT2D eigenvalue weighted by Crippen LogP contribution is -2.14. The van der Waals surface area contributed by atoms with Crippen LogP contribution in [0.25, 0.3) is 22.3 Å². The van der Waals surface area contributed by atoms with Gasteiger partial charge in [-0.15, -0.1) is 0 Å². The molecule has 3 heterocycles. The first-order valence-corrected chi connectivity index (χ1v) is 8.81. The van der Waals surface area contributed by atoms with Crippen LogP contribution in [0.5, 0.6) is 5.75 Å². The third-order valence-electron chi connectivity index (χ3n) is 4.46. The molecule has 0 spiro atoms. The lowest BCUT2D eigenvalue weighted by Gasteiger charge is -2.05. The summed E-state index contributed by atoms with van der Waals surface area (Å²) in [7, 11) is 0. The minimum absolute atomic E-state index is 0.353. The molecule has 0 atom stereocenters. The normalized spacial score (nSPS) is 12.6. The van der Waals surface area contributed by atoms with E-state index in [9.17, 15) is 0 Å². The molecule has 131 valence electrons. The van der Waals surface area contributed by atoms with Gasteiger partial charge >= 0.3 is 6.02 Å². The molecule has 0 amide bonds. The molecule has 6 nitrogen and oxygen atoms in total. The molecule has 1 aliphatic heterocycles. The highest BCUT2D eigenvalue weighted by molar-refractivity contribution is 5.92. The molecule has 1 radical (unpaired) electrons. The molecule has 2 aromatic heterocycles. The number of nitrogens with zero attached hydrogens (tertiary/aromatic N) is 5. The maximum Gasteiger partial charge on any atom is 0.323 e. The minimum Gasteiger partial charge on any atom is -0.424 e. The van der Waals surface area contributed by atoms with E-state index in [0.717, 1.165) is 40.2 Å². The molecule has 4 aromatic rings. The van der Waals surface area contributed by atoms with Crippen LogP contribution in [0.15, 0.2) is 71.9 Å². The van der Waals surface area contributed by atoms with Crippen LogP contribution in [0.1, 0.15) is 6.92 Å². The smallest absolute Gasteiger partial charge is 0.323 e. The first kappa shape index (κ1) is 15.6. The highest BCUT2D eigenvalue weighted by atomic mass is 16.5. The number of aliphatic imine (C=N–C) groups is 1. The van der Waals surface area contributed by atoms with Gasteiger partial charge in [-0.05, 0) is 55.5 Å². The van der Waals surface area contributed by atoms with Gasteiger partial charge in [0.15, 0.2) is 0 Å². The van der Waals surface area contributed by atoms with Crippen molar-refractivity contribution < 1.29 is 4.74 Å². The lowest BCUT2D eigenvalue weighted by molar-refractivity contribution is 0.533. The summed E-state index contributed by atoms with van der Waals surface area (Å²) in [5.74, 6) is 0.682. The fraction of sp³-hybridized carbons (Fsp3) is 0.0952. The molecule has 2 aromatic carbocycles. The van der Waals surface area contributed by atoms with Crippen molar-refractivity contribution in [3.63, 3.8) is 0 Å². The second kappa shape index (κ2) is 6.25. The van der Waals surface area contributed by atoms with Crippen molar-refractivity contribution in [2.24, 2.45) is 4.99 Å². The molecule has 6 heteroatoms. The quantitative estimate of drug-likeness (QED) is 0.546. The Labute approximate surface area is 156 Å². The van der Waals surface area contributed by atoms with Gasteiger partial charge in [0.1, 0.15) is 17.0 Å². The van der Waals surface area contributed by atoms with Gasteiger partial charge in [0, 0.05) is 18.3 Å². The minimum atomic E-state index is 0.353. The van der Waals surface area contributed by atoms with Crippen LogP contribution >= 0.6 is 0 Å². The standard InChI is InChI=1S/C21H16N5O/c1-2-26-18-8-5-13-22-20(18)19(25-26)14-9-11-15(12-10-14)27-21-23-16-6-3-4-7-17(16)24-21/h3-13H,2H2,1H3. The Morgan fingerprint density at radius 2 is 1.74 bits per heavy atom. The Morgan fingerprint density at radius 1 is 0.926 bits per heavy atom. The van der Waals surface area contributed by atoms with Gasteiger partial charge in [-0.1, -0.05) is 12.1 Å². The van der Waals surface area contributed by atoms with Crippen LogP contribution in [0.3, 0.4) is 0 Å². The van der Waals surface area contributed by atoms with E-state index >= 15 is 0 Å². The number of para-hydroxylation sites is 2. The third kappa shape index (κ3) is 2.71. The molecule has 0 saturated carbocycles. The van der Waals surface area contributed by atoms with Gasteiger partial charge in [0.05, 0.1) is 16.9 Å². The van der Waals surface area contributed by atoms with E-state index in [-0.39, 0.29) is 0 Å². The highest BCUT2D eigenvalue weighted by Crippen LogP contribution is 2.31. The van der Waals surface area contributed by atoms with E-state index in [2.05, 4.69) is 22.2 Å². The van der Waals surface area contributed by atoms with Gasteiger partial charge in [-0.2, -0.15) is 15.4 Å². The zero-order valence-corrected chi connectivity index (χ0v) is 14.7. The number of ether oxygens (including phenoxy) is 1. The zero-order chi connectivity index (χ0) is 18.2. The Balaban J connectivity index is 1.42. The Hall–Kier alpha value is -3.67. The van der Waals surface area contributed by atoms with E-state index in [1.54, 1.807) is 6.20 Å². The average molecular weight is 354 g/mol. The van der Waals surface area contributed by atoms with E-state index in [1.165, 1.54) is 0 Å². The number of aromatic nitrogens is 3. The van der Waals surface area contributed by atoms with Crippen LogP contribution < -0.4 is 10.1 Å². The molecule has 0 saturated heterocycles. The topological polar surface area (TPSA) is 66.4 Å². The van der Waals surface area contributed by atoms with E-state index in [4.69, 9.17) is 9.84 Å². The number of rotatable bonds is 3. The summed E-state index contributed by atoms with van der Waals surface area (Å²) in [6, 6.07) is 19.8. The van der Waals surface area contributed by atoms with Crippen molar-refractivity contribution in [3.8, 4) is 17.0 Å². The zero-order valence-electron chi connectivity index (χ0n) is 14.7. The summed E-state index contributed by atoms with van der Waals surface area (Å²) in [5, 5.41) is 9.09. The number of benzene rings is 2. The molecular weight excluding hydrogens is 338 g/mol. The van der Waals surface area contributed by atoms with Gasteiger partial charge in [0.25, 0.3) is 0 Å². The summed E-state index contributed by atoms with van der Waals surface area (Å²) in [6.45, 7) is 2.87. The number of aryl methyl sites for hydroxylation is 1. The first-order chi connectivity index (χ1) is 13.3. The van der Waals surface area contributed by atoms with Crippen molar-refractivity contribution in [2.45, 2.75) is 13.5 Å². The Bertz CT molecular complexity index is 1160. The molecule has 5 rings (SSSR count). The molecule has 0 N–H and O–H groups in total. The third-order valence-corrected chi connectivity index (χ3v) is 4.46. The molecule has 0 fully saturated rings. The molecule has 1 aliphatic rings. The van der Waals surface area contributed by atoms with Gasteiger partial charge in [-0.25, -0.2) is 0 Å². The summed E-state index contributed by atoms with van der Waals surface area (Å²) < 4.78 is 7.77.